The van der Waals surface area contributed by atoms with Crippen LogP contribution >= 0.6 is 11.8 Å². The molecule has 0 bridgehead atoms. The summed E-state index contributed by atoms with van der Waals surface area (Å²) in [5.74, 6) is 1.04. The average molecular weight is 181 g/mol. The van der Waals surface area contributed by atoms with Crippen LogP contribution in [-0.2, 0) is 10.5 Å². The van der Waals surface area contributed by atoms with Crippen LogP contribution in [0, 0.1) is 5.75 Å². The zero-order valence-electron chi connectivity index (χ0n) is 6.43. The fraction of sp³-hybridized carbons (Fsp3) is 0.111. The first-order valence-electron chi connectivity index (χ1n) is 3.51. The molecule has 0 aromatic heterocycles. The van der Waals surface area contributed by atoms with Gasteiger partial charge in [0.15, 0.2) is 0 Å². The Kier molecular flexibility index (Phi) is 3.67. The summed E-state index contributed by atoms with van der Waals surface area (Å²) in [4.78, 5) is 10.1. The molecule has 0 amide bonds. The number of carboxylic acids is 1. The number of thioether (sulfide) groups is 1. The normalized spacial score (nSPS) is 9.67. The SMILES string of the molecule is O=C(O)[CH]SCc1ccccc1. The van der Waals surface area contributed by atoms with Crippen LogP contribution in [0.5, 0.6) is 0 Å². The van der Waals surface area contributed by atoms with Gasteiger partial charge < -0.3 is 5.11 Å². The molecule has 0 saturated carbocycles. The summed E-state index contributed by atoms with van der Waals surface area (Å²) in [6, 6.07) is 9.77. The Morgan fingerprint density at radius 3 is 2.67 bits per heavy atom. The Hall–Kier alpha value is -0.960. The zero-order chi connectivity index (χ0) is 8.81. The standard InChI is InChI=1S/C9H9O2S/c10-9(11)7-12-6-8-4-2-1-3-5-8/h1-5,7H,6H2,(H,10,11). The van der Waals surface area contributed by atoms with Crippen molar-refractivity contribution in [2.24, 2.45) is 0 Å². The fourth-order valence-corrected chi connectivity index (χ4v) is 1.39. The number of rotatable bonds is 4. The second-order valence-corrected chi connectivity index (χ2v) is 3.11. The number of hydrogen-bond donors (Lipinski definition) is 1. The van der Waals surface area contributed by atoms with E-state index in [0.717, 1.165) is 5.56 Å². The van der Waals surface area contributed by atoms with Gasteiger partial charge in [-0.2, -0.15) is 0 Å². The van der Waals surface area contributed by atoms with Crippen LogP contribution in [0.25, 0.3) is 0 Å². The van der Waals surface area contributed by atoms with E-state index in [1.54, 1.807) is 0 Å². The van der Waals surface area contributed by atoms with Gasteiger partial charge >= 0.3 is 5.97 Å². The summed E-state index contributed by atoms with van der Waals surface area (Å²) in [7, 11) is 0. The molecule has 3 heteroatoms. The molecule has 0 aliphatic carbocycles. The van der Waals surface area contributed by atoms with Gasteiger partial charge in [-0.25, -0.2) is 0 Å². The van der Waals surface area contributed by atoms with E-state index in [1.807, 2.05) is 30.3 Å². The molecule has 1 N–H and O–H groups in total. The van der Waals surface area contributed by atoms with Gasteiger partial charge in [-0.05, 0) is 5.56 Å². The zero-order valence-corrected chi connectivity index (χ0v) is 7.25. The number of aliphatic carboxylic acids is 1. The highest BCUT2D eigenvalue weighted by molar-refractivity contribution is 8.01. The first kappa shape index (κ1) is 9.13. The first-order chi connectivity index (χ1) is 5.79. The van der Waals surface area contributed by atoms with Crippen molar-refractivity contribution in [3.8, 4) is 0 Å². The highest BCUT2D eigenvalue weighted by Crippen LogP contribution is 2.13. The maximum absolute atomic E-state index is 10.1. The topological polar surface area (TPSA) is 37.3 Å². The molecule has 0 heterocycles. The Balaban J connectivity index is 2.29. The highest BCUT2D eigenvalue weighted by Gasteiger charge is 1.97. The lowest BCUT2D eigenvalue weighted by Crippen LogP contribution is -1.91. The summed E-state index contributed by atoms with van der Waals surface area (Å²) < 4.78 is 0. The molecule has 0 unspecified atom stereocenters. The van der Waals surface area contributed by atoms with Crippen molar-refractivity contribution in [2.75, 3.05) is 0 Å². The lowest BCUT2D eigenvalue weighted by atomic mass is 10.2. The van der Waals surface area contributed by atoms with Crippen molar-refractivity contribution in [2.45, 2.75) is 5.75 Å². The second kappa shape index (κ2) is 4.83. The predicted octanol–water partition coefficient (Wildman–Crippen LogP) is 2.17. The lowest BCUT2D eigenvalue weighted by molar-refractivity contribution is -0.132. The minimum Gasteiger partial charge on any atom is -0.480 e. The molecule has 1 radical (unpaired) electrons. The Labute approximate surface area is 75.6 Å². The van der Waals surface area contributed by atoms with Gasteiger partial charge in [-0.1, -0.05) is 30.3 Å². The average Bonchev–Trinajstić information content (AvgIpc) is 2.05. The molecule has 2 nitrogen and oxygen atoms in total. The molecule has 0 fully saturated rings. The van der Waals surface area contributed by atoms with Crippen molar-refractivity contribution in [1.82, 2.24) is 0 Å². The first-order valence-corrected chi connectivity index (χ1v) is 4.55. The second-order valence-electron chi connectivity index (χ2n) is 2.25. The quantitative estimate of drug-likeness (QED) is 0.773. The molecule has 1 rings (SSSR count). The highest BCUT2D eigenvalue weighted by atomic mass is 32.2. The van der Waals surface area contributed by atoms with E-state index in [2.05, 4.69) is 0 Å². The molecule has 0 atom stereocenters. The van der Waals surface area contributed by atoms with Crippen LogP contribution in [0.15, 0.2) is 30.3 Å². The molecule has 0 saturated heterocycles. The van der Waals surface area contributed by atoms with Gasteiger partial charge in [-0.15, -0.1) is 11.8 Å². The molecule has 0 aliphatic rings. The third-order valence-corrected chi connectivity index (χ3v) is 2.15. The molecular formula is C9H9O2S. The predicted molar refractivity (Wildman–Crippen MR) is 49.7 cm³/mol. The summed E-state index contributed by atoms with van der Waals surface area (Å²) in [6.07, 6.45) is 0. The number of carboxylic acid groups (broad SMARTS) is 1. The van der Waals surface area contributed by atoms with Crippen molar-refractivity contribution in [3.63, 3.8) is 0 Å². The van der Waals surface area contributed by atoms with Crippen LogP contribution in [0.3, 0.4) is 0 Å². The molecule has 1 aromatic rings. The van der Waals surface area contributed by atoms with E-state index in [4.69, 9.17) is 5.11 Å². The number of hydrogen-bond acceptors (Lipinski definition) is 2. The third-order valence-electron chi connectivity index (χ3n) is 1.28. The molecule has 63 valence electrons. The molecule has 1 aromatic carbocycles. The molecule has 0 aliphatic heterocycles. The monoisotopic (exact) mass is 181 g/mol. The Morgan fingerprint density at radius 2 is 2.08 bits per heavy atom. The smallest absolute Gasteiger partial charge is 0.318 e. The van der Waals surface area contributed by atoms with E-state index >= 15 is 0 Å². The summed E-state index contributed by atoms with van der Waals surface area (Å²) in [5.41, 5.74) is 1.14. The van der Waals surface area contributed by atoms with Crippen LogP contribution in [0.2, 0.25) is 0 Å². The van der Waals surface area contributed by atoms with Gasteiger partial charge in [0, 0.05) is 5.75 Å². The summed E-state index contributed by atoms with van der Waals surface area (Å²) in [6.45, 7) is 0. The van der Waals surface area contributed by atoms with Gasteiger partial charge in [-0.3, -0.25) is 4.79 Å². The molecule has 12 heavy (non-hydrogen) atoms. The summed E-state index contributed by atoms with van der Waals surface area (Å²) in [5, 5.41) is 8.32. The van der Waals surface area contributed by atoms with Crippen molar-refractivity contribution in [3.05, 3.63) is 41.6 Å². The van der Waals surface area contributed by atoms with E-state index < -0.39 is 5.97 Å². The molecule has 0 spiro atoms. The minimum absolute atomic E-state index is 0.715. The third kappa shape index (κ3) is 3.44. The van der Waals surface area contributed by atoms with E-state index in [1.165, 1.54) is 17.5 Å². The van der Waals surface area contributed by atoms with Crippen LogP contribution in [0.1, 0.15) is 5.56 Å². The Bertz CT molecular complexity index is 246. The summed E-state index contributed by atoms with van der Waals surface area (Å²) >= 11 is 1.29. The fourth-order valence-electron chi connectivity index (χ4n) is 0.783. The van der Waals surface area contributed by atoms with Gasteiger partial charge in [0.1, 0.15) is 5.75 Å². The number of benzene rings is 1. The molecular weight excluding hydrogens is 172 g/mol. The van der Waals surface area contributed by atoms with Crippen molar-refractivity contribution in [1.29, 1.82) is 0 Å². The van der Waals surface area contributed by atoms with Crippen LogP contribution in [-0.4, -0.2) is 11.1 Å². The van der Waals surface area contributed by atoms with Crippen LogP contribution in [0.4, 0.5) is 0 Å². The number of carbonyl (C=O) groups is 1. The van der Waals surface area contributed by atoms with Gasteiger partial charge in [0.05, 0.1) is 0 Å². The van der Waals surface area contributed by atoms with Crippen LogP contribution < -0.4 is 0 Å². The maximum Gasteiger partial charge on any atom is 0.318 e. The van der Waals surface area contributed by atoms with E-state index in [-0.39, 0.29) is 0 Å². The Morgan fingerprint density at radius 1 is 1.42 bits per heavy atom. The van der Waals surface area contributed by atoms with E-state index in [9.17, 15) is 4.79 Å². The maximum atomic E-state index is 10.1. The van der Waals surface area contributed by atoms with E-state index in [0.29, 0.717) is 5.75 Å². The van der Waals surface area contributed by atoms with Gasteiger partial charge in [0.25, 0.3) is 0 Å². The lowest BCUT2D eigenvalue weighted by Gasteiger charge is -1.97. The van der Waals surface area contributed by atoms with Crippen molar-refractivity contribution >= 4 is 17.7 Å². The largest absolute Gasteiger partial charge is 0.480 e. The van der Waals surface area contributed by atoms with Crippen molar-refractivity contribution < 1.29 is 9.90 Å². The van der Waals surface area contributed by atoms with Gasteiger partial charge in [0.2, 0.25) is 0 Å². The minimum atomic E-state index is -0.879.